The molecule has 1 rings (SSSR count). The van der Waals surface area contributed by atoms with Crippen molar-refractivity contribution in [2.24, 2.45) is 0 Å². The second kappa shape index (κ2) is 3.85. The summed E-state index contributed by atoms with van der Waals surface area (Å²) in [5.41, 5.74) is -0.372. The molecule has 1 heterocycles. The van der Waals surface area contributed by atoms with E-state index < -0.39 is 10.6 Å². The lowest BCUT2D eigenvalue weighted by atomic mass is 10.2. The lowest BCUT2D eigenvalue weighted by Crippen LogP contribution is -2.01. The van der Waals surface area contributed by atoms with E-state index in [9.17, 15) is 14.9 Å². The van der Waals surface area contributed by atoms with Gasteiger partial charge >= 0.3 is 11.5 Å². The molecule has 3 N–H and O–H groups in total. The minimum absolute atomic E-state index is 0.0651. The highest BCUT2D eigenvalue weighted by molar-refractivity contribution is 5.25. The van der Waals surface area contributed by atoms with E-state index in [2.05, 4.69) is 9.97 Å². The van der Waals surface area contributed by atoms with E-state index in [4.69, 9.17) is 5.11 Å². The van der Waals surface area contributed by atoms with E-state index in [0.717, 1.165) is 0 Å². The monoisotopic (exact) mass is 187 g/mol. The van der Waals surface area contributed by atoms with Crippen LogP contribution in [-0.4, -0.2) is 26.6 Å². The topological polar surface area (TPSA) is 112 Å². The molecule has 0 aliphatic rings. The predicted molar refractivity (Wildman–Crippen MR) is 43.5 cm³/mol. The summed E-state index contributed by atoms with van der Waals surface area (Å²) in [7, 11) is 0. The van der Waals surface area contributed by atoms with Gasteiger partial charge in [0.1, 0.15) is 5.69 Å². The zero-order valence-electron chi connectivity index (χ0n) is 6.74. The molecule has 0 fully saturated rings. The average Bonchev–Trinajstić information content (AvgIpc) is 2.43. The molecular formula is C6H9N3O4. The van der Waals surface area contributed by atoms with Crippen molar-refractivity contribution in [3.63, 3.8) is 0 Å². The van der Waals surface area contributed by atoms with Gasteiger partial charge in [-0.25, -0.2) is 4.79 Å². The van der Waals surface area contributed by atoms with Crippen molar-refractivity contribution in [3.8, 4) is 0 Å². The van der Waals surface area contributed by atoms with Crippen LogP contribution in [0, 0.1) is 10.1 Å². The van der Waals surface area contributed by atoms with Gasteiger partial charge in [-0.2, -0.15) is 4.98 Å². The molecule has 0 radical (unpaired) electrons. The Kier molecular flexibility index (Phi) is 2.80. The van der Waals surface area contributed by atoms with Crippen molar-refractivity contribution in [3.05, 3.63) is 26.3 Å². The molecule has 0 aromatic carbocycles. The van der Waals surface area contributed by atoms with Crippen LogP contribution < -0.4 is 5.69 Å². The van der Waals surface area contributed by atoms with Crippen molar-refractivity contribution in [2.45, 2.75) is 12.8 Å². The lowest BCUT2D eigenvalue weighted by Gasteiger charge is -1.95. The van der Waals surface area contributed by atoms with Crippen molar-refractivity contribution in [1.29, 1.82) is 0 Å². The van der Waals surface area contributed by atoms with E-state index in [1.807, 2.05) is 0 Å². The Hall–Kier alpha value is -1.63. The van der Waals surface area contributed by atoms with Gasteiger partial charge in [0.2, 0.25) is 0 Å². The molecule has 0 saturated carbocycles. The minimum atomic E-state index is -0.662. The number of nitrogens with one attached hydrogen (secondary N) is 2. The van der Waals surface area contributed by atoms with Crippen LogP contribution in [0.5, 0.6) is 0 Å². The molecule has 0 saturated heterocycles. The summed E-state index contributed by atoms with van der Waals surface area (Å²) in [6.45, 7) is -0.0651. The molecule has 13 heavy (non-hydrogen) atoms. The molecule has 7 nitrogen and oxygen atoms in total. The Bertz CT molecular complexity index is 353. The number of aromatic nitrogens is 2. The van der Waals surface area contributed by atoms with Gasteiger partial charge in [0.25, 0.3) is 0 Å². The van der Waals surface area contributed by atoms with Crippen LogP contribution in [0.1, 0.15) is 12.1 Å². The van der Waals surface area contributed by atoms with E-state index >= 15 is 0 Å². The molecule has 1 aromatic rings. The van der Waals surface area contributed by atoms with E-state index in [-0.39, 0.29) is 24.5 Å². The number of aliphatic hydroxyl groups excluding tert-OH is 1. The number of aromatic amines is 2. The fraction of sp³-hybridized carbons (Fsp3) is 0.500. The summed E-state index contributed by atoms with van der Waals surface area (Å²) in [6, 6.07) is 0. The maximum absolute atomic E-state index is 10.7. The van der Waals surface area contributed by atoms with Gasteiger partial charge in [0.05, 0.1) is 0 Å². The summed E-state index contributed by atoms with van der Waals surface area (Å²) in [5, 5.41) is 18.8. The first-order valence-corrected chi connectivity index (χ1v) is 3.71. The van der Waals surface area contributed by atoms with Gasteiger partial charge in [-0.05, 0) is 17.8 Å². The number of nitro groups is 1. The summed E-state index contributed by atoms with van der Waals surface area (Å²) in [6.07, 6.45) is 0.667. The Morgan fingerprint density at radius 3 is 2.69 bits per heavy atom. The molecule has 0 unspecified atom stereocenters. The molecule has 1 aromatic heterocycles. The SMILES string of the molecule is O=c1[nH]c(CCCO)c([N+](=O)[O-])[nH]1. The third-order valence-corrected chi connectivity index (χ3v) is 1.55. The van der Waals surface area contributed by atoms with E-state index in [0.29, 0.717) is 6.42 Å². The van der Waals surface area contributed by atoms with Crippen LogP contribution in [0.2, 0.25) is 0 Å². The maximum atomic E-state index is 10.7. The number of nitrogens with zero attached hydrogens (tertiary/aromatic N) is 1. The van der Waals surface area contributed by atoms with Crippen LogP contribution in [0.25, 0.3) is 0 Å². The highest BCUT2D eigenvalue weighted by Gasteiger charge is 2.15. The Labute approximate surface area is 72.6 Å². The van der Waals surface area contributed by atoms with Crippen LogP contribution in [0.15, 0.2) is 4.79 Å². The van der Waals surface area contributed by atoms with Crippen LogP contribution in [-0.2, 0) is 6.42 Å². The molecule has 7 heteroatoms. The molecular weight excluding hydrogens is 178 g/mol. The number of hydrogen-bond donors (Lipinski definition) is 3. The molecule has 0 bridgehead atoms. The fourth-order valence-electron chi connectivity index (χ4n) is 1.00. The smallest absolute Gasteiger partial charge is 0.396 e. The standard InChI is InChI=1S/C6H9N3O4/c10-3-1-2-4-5(9(12)13)8-6(11)7-4/h10H,1-3H2,(H2,7,8,11). The number of hydrogen-bond acceptors (Lipinski definition) is 4. The van der Waals surface area contributed by atoms with Gasteiger partial charge < -0.3 is 15.2 Å². The minimum Gasteiger partial charge on any atom is -0.396 e. The Morgan fingerprint density at radius 1 is 1.46 bits per heavy atom. The lowest BCUT2D eigenvalue weighted by molar-refractivity contribution is -0.390. The van der Waals surface area contributed by atoms with Gasteiger partial charge in [0, 0.05) is 6.61 Å². The third-order valence-electron chi connectivity index (χ3n) is 1.55. The van der Waals surface area contributed by atoms with Crippen molar-refractivity contribution < 1.29 is 10.0 Å². The Balaban J connectivity index is 2.91. The maximum Gasteiger partial charge on any atom is 0.411 e. The van der Waals surface area contributed by atoms with Gasteiger partial charge in [-0.1, -0.05) is 0 Å². The second-order valence-corrected chi connectivity index (χ2v) is 2.49. The van der Waals surface area contributed by atoms with Gasteiger partial charge in [-0.15, -0.1) is 0 Å². The summed E-state index contributed by atoms with van der Waals surface area (Å²) >= 11 is 0. The quantitative estimate of drug-likeness (QED) is 0.437. The number of rotatable bonds is 4. The van der Waals surface area contributed by atoms with Gasteiger partial charge in [-0.3, -0.25) is 4.98 Å². The zero-order valence-corrected chi connectivity index (χ0v) is 6.74. The summed E-state index contributed by atoms with van der Waals surface area (Å²) in [5.74, 6) is -0.321. The van der Waals surface area contributed by atoms with Crippen molar-refractivity contribution >= 4 is 5.82 Å². The van der Waals surface area contributed by atoms with Gasteiger partial charge in [0.15, 0.2) is 0 Å². The molecule has 0 atom stereocenters. The number of H-pyrrole nitrogens is 2. The van der Waals surface area contributed by atoms with Crippen molar-refractivity contribution in [1.82, 2.24) is 9.97 Å². The third kappa shape index (κ3) is 2.15. The number of aryl methyl sites for hydroxylation is 1. The molecule has 0 aliphatic carbocycles. The summed E-state index contributed by atoms with van der Waals surface area (Å²) < 4.78 is 0. The first kappa shape index (κ1) is 9.46. The second-order valence-electron chi connectivity index (χ2n) is 2.49. The Morgan fingerprint density at radius 2 is 2.15 bits per heavy atom. The average molecular weight is 187 g/mol. The molecule has 72 valence electrons. The fourth-order valence-corrected chi connectivity index (χ4v) is 1.00. The van der Waals surface area contributed by atoms with Crippen molar-refractivity contribution in [2.75, 3.05) is 6.61 Å². The normalized spacial score (nSPS) is 10.2. The van der Waals surface area contributed by atoms with Crippen LogP contribution in [0.3, 0.4) is 0 Å². The highest BCUT2D eigenvalue weighted by Crippen LogP contribution is 2.11. The van der Waals surface area contributed by atoms with E-state index in [1.54, 1.807) is 0 Å². The zero-order chi connectivity index (χ0) is 9.84. The number of imidazole rings is 1. The van der Waals surface area contributed by atoms with Crippen LogP contribution in [0.4, 0.5) is 5.82 Å². The highest BCUT2D eigenvalue weighted by atomic mass is 16.6. The number of aliphatic hydroxyl groups is 1. The molecule has 0 amide bonds. The molecule has 0 aliphatic heterocycles. The first-order valence-electron chi connectivity index (χ1n) is 3.71. The van der Waals surface area contributed by atoms with Crippen LogP contribution >= 0.6 is 0 Å². The van der Waals surface area contributed by atoms with E-state index in [1.165, 1.54) is 0 Å². The predicted octanol–water partition coefficient (Wildman–Crippen LogP) is -0.464. The first-order chi connectivity index (χ1) is 6.15. The summed E-state index contributed by atoms with van der Waals surface area (Å²) in [4.78, 5) is 24.7. The molecule has 0 spiro atoms. The largest absolute Gasteiger partial charge is 0.411 e.